The van der Waals surface area contributed by atoms with Gasteiger partial charge in [0.25, 0.3) is 0 Å². The average Bonchev–Trinajstić information content (AvgIpc) is 2.42. The van der Waals surface area contributed by atoms with Crippen molar-refractivity contribution in [1.82, 2.24) is 5.32 Å². The van der Waals surface area contributed by atoms with Crippen LogP contribution in [-0.2, 0) is 6.54 Å². The first-order valence-corrected chi connectivity index (χ1v) is 7.09. The number of benzene rings is 1. The summed E-state index contributed by atoms with van der Waals surface area (Å²) < 4.78 is 11.1. The Hall–Kier alpha value is -1.22. The van der Waals surface area contributed by atoms with E-state index in [1.165, 1.54) is 5.56 Å². The van der Waals surface area contributed by atoms with Gasteiger partial charge in [0.2, 0.25) is 0 Å². The van der Waals surface area contributed by atoms with Gasteiger partial charge in [0.15, 0.2) is 11.5 Å². The molecule has 0 bridgehead atoms. The molecule has 0 aliphatic rings. The summed E-state index contributed by atoms with van der Waals surface area (Å²) in [6, 6.07) is 6.66. The SMILES string of the molecule is CC[C@@H](C)NCc1ccc(OCC(C)C)c(OC)c1. The lowest BCUT2D eigenvalue weighted by Gasteiger charge is -2.15. The Morgan fingerprint density at radius 2 is 1.89 bits per heavy atom. The molecular weight excluding hydrogens is 238 g/mol. The van der Waals surface area contributed by atoms with E-state index in [1.54, 1.807) is 7.11 Å². The Morgan fingerprint density at radius 3 is 2.47 bits per heavy atom. The second kappa shape index (κ2) is 8.05. The van der Waals surface area contributed by atoms with Gasteiger partial charge >= 0.3 is 0 Å². The van der Waals surface area contributed by atoms with Gasteiger partial charge in [0.05, 0.1) is 13.7 Å². The number of hydrogen-bond acceptors (Lipinski definition) is 3. The Kier molecular flexibility index (Phi) is 6.71. The molecule has 0 saturated carbocycles. The predicted octanol–water partition coefficient (Wildman–Crippen LogP) is 3.62. The fourth-order valence-corrected chi connectivity index (χ4v) is 1.63. The molecule has 0 heterocycles. The predicted molar refractivity (Wildman–Crippen MR) is 79.9 cm³/mol. The van der Waals surface area contributed by atoms with Crippen LogP contribution in [0.4, 0.5) is 0 Å². The topological polar surface area (TPSA) is 30.5 Å². The van der Waals surface area contributed by atoms with Crippen molar-refractivity contribution in [1.29, 1.82) is 0 Å². The average molecular weight is 265 g/mol. The minimum absolute atomic E-state index is 0.511. The quantitative estimate of drug-likeness (QED) is 0.778. The molecule has 0 spiro atoms. The van der Waals surface area contributed by atoms with Gasteiger partial charge < -0.3 is 14.8 Å². The van der Waals surface area contributed by atoms with Crippen LogP contribution in [0.15, 0.2) is 18.2 Å². The number of nitrogens with one attached hydrogen (secondary N) is 1. The summed E-state index contributed by atoms with van der Waals surface area (Å²) in [5, 5.41) is 3.47. The lowest BCUT2D eigenvalue weighted by atomic mass is 10.1. The molecule has 0 fully saturated rings. The smallest absolute Gasteiger partial charge is 0.161 e. The Balaban J connectivity index is 2.66. The van der Waals surface area contributed by atoms with Crippen molar-refractivity contribution in [3.05, 3.63) is 23.8 Å². The van der Waals surface area contributed by atoms with Crippen LogP contribution in [-0.4, -0.2) is 19.8 Å². The first-order chi connectivity index (χ1) is 9.06. The molecule has 1 N–H and O–H groups in total. The van der Waals surface area contributed by atoms with Gasteiger partial charge in [-0.25, -0.2) is 0 Å². The van der Waals surface area contributed by atoms with Crippen molar-refractivity contribution >= 4 is 0 Å². The first kappa shape index (κ1) is 15.8. The Labute approximate surface area is 117 Å². The van der Waals surface area contributed by atoms with Crippen molar-refractivity contribution in [3.8, 4) is 11.5 Å². The lowest BCUT2D eigenvalue weighted by molar-refractivity contribution is 0.256. The van der Waals surface area contributed by atoms with Gasteiger partial charge in [-0.05, 0) is 37.0 Å². The van der Waals surface area contributed by atoms with E-state index in [4.69, 9.17) is 9.47 Å². The molecule has 108 valence electrons. The molecule has 19 heavy (non-hydrogen) atoms. The molecule has 1 aromatic rings. The maximum absolute atomic E-state index is 5.75. The summed E-state index contributed by atoms with van der Waals surface area (Å²) in [4.78, 5) is 0. The molecule has 1 atom stereocenters. The van der Waals surface area contributed by atoms with Crippen molar-refractivity contribution < 1.29 is 9.47 Å². The van der Waals surface area contributed by atoms with Crippen molar-refractivity contribution in [2.24, 2.45) is 5.92 Å². The molecule has 0 aliphatic carbocycles. The highest BCUT2D eigenvalue weighted by Gasteiger charge is 2.07. The fraction of sp³-hybridized carbons (Fsp3) is 0.625. The summed E-state index contributed by atoms with van der Waals surface area (Å²) in [6.45, 7) is 10.2. The second-order valence-electron chi connectivity index (χ2n) is 5.38. The highest BCUT2D eigenvalue weighted by Crippen LogP contribution is 2.28. The lowest BCUT2D eigenvalue weighted by Crippen LogP contribution is -2.24. The van der Waals surface area contributed by atoms with Crippen LogP contribution in [0.1, 0.15) is 39.7 Å². The molecule has 0 radical (unpaired) electrons. The van der Waals surface area contributed by atoms with Crippen LogP contribution in [0, 0.1) is 5.92 Å². The van der Waals surface area contributed by atoms with E-state index >= 15 is 0 Å². The van der Waals surface area contributed by atoms with Crippen LogP contribution in [0.25, 0.3) is 0 Å². The molecule has 3 nitrogen and oxygen atoms in total. The summed E-state index contributed by atoms with van der Waals surface area (Å²) in [5.74, 6) is 2.14. The van der Waals surface area contributed by atoms with E-state index in [-0.39, 0.29) is 0 Å². The maximum Gasteiger partial charge on any atom is 0.161 e. The summed E-state index contributed by atoms with van der Waals surface area (Å²) in [6.07, 6.45) is 1.13. The molecule has 0 amide bonds. The standard InChI is InChI=1S/C16H27NO2/c1-6-13(4)17-10-14-7-8-15(16(9-14)18-5)19-11-12(2)3/h7-9,12-13,17H,6,10-11H2,1-5H3/t13-/m1/s1. The van der Waals surface area contributed by atoms with E-state index in [0.29, 0.717) is 18.6 Å². The maximum atomic E-state index is 5.75. The molecule has 3 heteroatoms. The minimum Gasteiger partial charge on any atom is -0.493 e. The van der Waals surface area contributed by atoms with E-state index in [1.807, 2.05) is 12.1 Å². The monoisotopic (exact) mass is 265 g/mol. The van der Waals surface area contributed by atoms with Crippen molar-refractivity contribution in [3.63, 3.8) is 0 Å². The zero-order chi connectivity index (χ0) is 14.3. The number of hydrogen-bond donors (Lipinski definition) is 1. The zero-order valence-electron chi connectivity index (χ0n) is 12.8. The molecule has 0 aromatic heterocycles. The molecular formula is C16H27NO2. The zero-order valence-corrected chi connectivity index (χ0v) is 12.8. The van der Waals surface area contributed by atoms with Crippen LogP contribution in [0.2, 0.25) is 0 Å². The second-order valence-corrected chi connectivity index (χ2v) is 5.38. The molecule has 0 saturated heterocycles. The molecule has 0 unspecified atom stereocenters. The normalized spacial score (nSPS) is 12.5. The van der Waals surface area contributed by atoms with E-state index in [0.717, 1.165) is 24.5 Å². The Morgan fingerprint density at radius 1 is 1.16 bits per heavy atom. The highest BCUT2D eigenvalue weighted by atomic mass is 16.5. The van der Waals surface area contributed by atoms with E-state index in [2.05, 4.69) is 39.1 Å². The largest absolute Gasteiger partial charge is 0.493 e. The van der Waals surface area contributed by atoms with E-state index in [9.17, 15) is 0 Å². The first-order valence-electron chi connectivity index (χ1n) is 7.09. The van der Waals surface area contributed by atoms with Gasteiger partial charge in [-0.2, -0.15) is 0 Å². The molecule has 1 rings (SSSR count). The van der Waals surface area contributed by atoms with Gasteiger partial charge in [-0.1, -0.05) is 26.8 Å². The van der Waals surface area contributed by atoms with Crippen LogP contribution < -0.4 is 14.8 Å². The van der Waals surface area contributed by atoms with Gasteiger partial charge in [-0.15, -0.1) is 0 Å². The molecule has 1 aromatic carbocycles. The van der Waals surface area contributed by atoms with Crippen LogP contribution in [0.5, 0.6) is 11.5 Å². The number of ether oxygens (including phenoxy) is 2. The third-order valence-corrected chi connectivity index (χ3v) is 3.07. The minimum atomic E-state index is 0.511. The van der Waals surface area contributed by atoms with Crippen molar-refractivity contribution in [2.75, 3.05) is 13.7 Å². The van der Waals surface area contributed by atoms with Crippen LogP contribution >= 0.6 is 0 Å². The summed E-state index contributed by atoms with van der Waals surface area (Å²) >= 11 is 0. The van der Waals surface area contributed by atoms with Gasteiger partial charge in [0.1, 0.15) is 0 Å². The fourth-order valence-electron chi connectivity index (χ4n) is 1.63. The van der Waals surface area contributed by atoms with Gasteiger partial charge in [0, 0.05) is 12.6 Å². The summed E-state index contributed by atoms with van der Waals surface area (Å²) in [5.41, 5.74) is 1.22. The van der Waals surface area contributed by atoms with Gasteiger partial charge in [-0.3, -0.25) is 0 Å². The highest BCUT2D eigenvalue weighted by molar-refractivity contribution is 5.42. The number of methoxy groups -OCH3 is 1. The Bertz CT molecular complexity index is 377. The molecule has 0 aliphatic heterocycles. The van der Waals surface area contributed by atoms with E-state index < -0.39 is 0 Å². The third-order valence-electron chi connectivity index (χ3n) is 3.07. The number of rotatable bonds is 8. The van der Waals surface area contributed by atoms with Crippen molar-refractivity contribution in [2.45, 2.75) is 46.7 Å². The summed E-state index contributed by atoms with van der Waals surface area (Å²) in [7, 11) is 1.68. The van der Waals surface area contributed by atoms with Crippen LogP contribution in [0.3, 0.4) is 0 Å². The third kappa shape index (κ3) is 5.52.